The molecule has 0 radical (unpaired) electrons. The average molecular weight is 273 g/mol. The van der Waals surface area contributed by atoms with Gasteiger partial charge in [-0.05, 0) is 33.1 Å². The molecule has 1 fully saturated rings. The normalized spacial score (nSPS) is 22.5. The zero-order valence-electron chi connectivity index (χ0n) is 11.6. The Morgan fingerprint density at radius 3 is 2.74 bits per heavy atom. The largest absolute Gasteiger partial charge is 0.481 e. The van der Waals surface area contributed by atoms with Crippen LogP contribution in [0.3, 0.4) is 0 Å². The molecule has 2 N–H and O–H groups in total. The van der Waals surface area contributed by atoms with E-state index in [1.54, 1.807) is 13.8 Å². The smallest absolute Gasteiger partial charge is 0.305 e. The van der Waals surface area contributed by atoms with Crippen LogP contribution in [0.2, 0.25) is 0 Å². The number of rotatable bonds is 7. The molecule has 110 valence electrons. The van der Waals surface area contributed by atoms with Gasteiger partial charge in [0.1, 0.15) is 6.10 Å². The van der Waals surface area contributed by atoms with Crippen LogP contribution in [0.4, 0.5) is 0 Å². The molecule has 1 amide bonds. The number of carbonyl (C=O) groups excluding carboxylic acids is 1. The molecule has 0 aromatic heterocycles. The predicted octanol–water partition coefficient (Wildman–Crippen LogP) is 0.940. The van der Waals surface area contributed by atoms with Gasteiger partial charge in [-0.2, -0.15) is 0 Å². The lowest BCUT2D eigenvalue weighted by atomic mass is 10.1. The first-order chi connectivity index (χ1) is 8.99. The van der Waals surface area contributed by atoms with Crippen molar-refractivity contribution in [3.05, 3.63) is 0 Å². The molecule has 3 atom stereocenters. The Morgan fingerprint density at radius 2 is 2.16 bits per heavy atom. The molecule has 3 unspecified atom stereocenters. The molecule has 0 aromatic rings. The van der Waals surface area contributed by atoms with E-state index in [2.05, 4.69) is 5.32 Å². The van der Waals surface area contributed by atoms with Crippen molar-refractivity contribution in [2.45, 2.75) is 57.8 Å². The number of amides is 1. The highest BCUT2D eigenvalue weighted by atomic mass is 16.5. The average Bonchev–Trinajstić information content (AvgIpc) is 2.36. The van der Waals surface area contributed by atoms with Gasteiger partial charge < -0.3 is 19.9 Å². The van der Waals surface area contributed by atoms with Gasteiger partial charge in [-0.25, -0.2) is 0 Å². The molecule has 1 aliphatic rings. The Balaban J connectivity index is 2.21. The fourth-order valence-corrected chi connectivity index (χ4v) is 1.94. The van der Waals surface area contributed by atoms with Gasteiger partial charge in [-0.15, -0.1) is 0 Å². The van der Waals surface area contributed by atoms with Crippen molar-refractivity contribution in [3.63, 3.8) is 0 Å². The zero-order chi connectivity index (χ0) is 14.3. The van der Waals surface area contributed by atoms with Crippen molar-refractivity contribution in [1.82, 2.24) is 5.32 Å². The number of ether oxygens (including phenoxy) is 2. The second-order valence-corrected chi connectivity index (χ2v) is 4.97. The van der Waals surface area contributed by atoms with Gasteiger partial charge in [0.25, 0.3) is 0 Å². The van der Waals surface area contributed by atoms with Gasteiger partial charge in [0.15, 0.2) is 0 Å². The van der Waals surface area contributed by atoms with E-state index in [9.17, 15) is 9.59 Å². The number of aliphatic carboxylic acids is 1. The number of carboxylic acids is 1. The summed E-state index contributed by atoms with van der Waals surface area (Å²) < 4.78 is 11.0. The minimum Gasteiger partial charge on any atom is -0.481 e. The van der Waals surface area contributed by atoms with E-state index < -0.39 is 18.1 Å². The SMILES string of the molecule is CC(CC(=O)O)NC(=O)C(C)OCC1CCCCO1. The van der Waals surface area contributed by atoms with Gasteiger partial charge >= 0.3 is 5.97 Å². The van der Waals surface area contributed by atoms with E-state index in [0.29, 0.717) is 6.61 Å². The van der Waals surface area contributed by atoms with Gasteiger partial charge in [0.05, 0.1) is 19.1 Å². The van der Waals surface area contributed by atoms with Crippen LogP contribution in [0.1, 0.15) is 39.5 Å². The molecule has 19 heavy (non-hydrogen) atoms. The fourth-order valence-electron chi connectivity index (χ4n) is 1.94. The first-order valence-corrected chi connectivity index (χ1v) is 6.74. The van der Waals surface area contributed by atoms with Crippen molar-refractivity contribution in [3.8, 4) is 0 Å². The molecule has 0 aliphatic carbocycles. The maximum atomic E-state index is 11.7. The second kappa shape index (κ2) is 8.12. The first-order valence-electron chi connectivity index (χ1n) is 6.74. The highest BCUT2D eigenvalue weighted by Gasteiger charge is 2.20. The highest BCUT2D eigenvalue weighted by Crippen LogP contribution is 2.13. The van der Waals surface area contributed by atoms with Crippen LogP contribution >= 0.6 is 0 Å². The molecule has 1 aliphatic heterocycles. The summed E-state index contributed by atoms with van der Waals surface area (Å²) in [5.41, 5.74) is 0. The first kappa shape index (κ1) is 15.9. The fraction of sp³-hybridized carbons (Fsp3) is 0.846. The molecule has 0 aromatic carbocycles. The van der Waals surface area contributed by atoms with E-state index in [0.717, 1.165) is 25.9 Å². The summed E-state index contributed by atoms with van der Waals surface area (Å²) in [6.45, 7) is 4.47. The van der Waals surface area contributed by atoms with Gasteiger partial charge in [-0.1, -0.05) is 0 Å². The van der Waals surface area contributed by atoms with E-state index in [-0.39, 0.29) is 18.4 Å². The molecular weight excluding hydrogens is 250 g/mol. The van der Waals surface area contributed by atoms with Crippen LogP contribution in [0.15, 0.2) is 0 Å². The van der Waals surface area contributed by atoms with Crippen LogP contribution in [-0.4, -0.2) is 48.4 Å². The summed E-state index contributed by atoms with van der Waals surface area (Å²) in [6, 6.07) is -0.401. The monoisotopic (exact) mass is 273 g/mol. The maximum Gasteiger partial charge on any atom is 0.305 e. The van der Waals surface area contributed by atoms with Crippen molar-refractivity contribution >= 4 is 11.9 Å². The van der Waals surface area contributed by atoms with Crippen molar-refractivity contribution in [2.75, 3.05) is 13.2 Å². The quantitative estimate of drug-likeness (QED) is 0.721. The van der Waals surface area contributed by atoms with E-state index in [1.165, 1.54) is 0 Å². The number of carboxylic acid groups (broad SMARTS) is 1. The topological polar surface area (TPSA) is 84.9 Å². The number of hydrogen-bond acceptors (Lipinski definition) is 4. The summed E-state index contributed by atoms with van der Waals surface area (Å²) in [4.78, 5) is 22.2. The lowest BCUT2D eigenvalue weighted by Crippen LogP contribution is -2.42. The number of hydrogen-bond donors (Lipinski definition) is 2. The number of carbonyl (C=O) groups is 2. The molecular formula is C13H23NO5. The Hall–Kier alpha value is -1.14. The lowest BCUT2D eigenvalue weighted by molar-refractivity contribution is -0.139. The summed E-state index contributed by atoms with van der Waals surface area (Å²) in [5, 5.41) is 11.2. The van der Waals surface area contributed by atoms with Crippen molar-refractivity contribution < 1.29 is 24.2 Å². The van der Waals surface area contributed by atoms with E-state index in [1.807, 2.05) is 0 Å². The van der Waals surface area contributed by atoms with Crippen LogP contribution in [0.25, 0.3) is 0 Å². The predicted molar refractivity (Wildman–Crippen MR) is 68.9 cm³/mol. The summed E-state index contributed by atoms with van der Waals surface area (Å²) in [6.07, 6.45) is 2.56. The Labute approximate surface area is 113 Å². The zero-order valence-corrected chi connectivity index (χ0v) is 11.6. The van der Waals surface area contributed by atoms with Gasteiger partial charge in [-0.3, -0.25) is 9.59 Å². The van der Waals surface area contributed by atoms with Gasteiger partial charge in [0, 0.05) is 12.6 Å². The molecule has 1 heterocycles. The Kier molecular flexibility index (Phi) is 6.80. The minimum absolute atomic E-state index is 0.0699. The van der Waals surface area contributed by atoms with Crippen LogP contribution < -0.4 is 5.32 Å². The van der Waals surface area contributed by atoms with Crippen LogP contribution in [0.5, 0.6) is 0 Å². The van der Waals surface area contributed by atoms with E-state index in [4.69, 9.17) is 14.6 Å². The highest BCUT2D eigenvalue weighted by molar-refractivity contribution is 5.81. The molecule has 6 heteroatoms. The maximum absolute atomic E-state index is 11.7. The summed E-state index contributed by atoms with van der Waals surface area (Å²) in [7, 11) is 0. The van der Waals surface area contributed by atoms with Crippen molar-refractivity contribution in [2.24, 2.45) is 0 Å². The third-order valence-corrected chi connectivity index (χ3v) is 3.04. The molecule has 1 saturated heterocycles. The number of nitrogens with one attached hydrogen (secondary N) is 1. The Morgan fingerprint density at radius 1 is 1.42 bits per heavy atom. The summed E-state index contributed by atoms with van der Waals surface area (Å²) in [5.74, 6) is -1.22. The Bertz CT molecular complexity index is 301. The third-order valence-electron chi connectivity index (χ3n) is 3.04. The molecule has 0 spiro atoms. The molecule has 6 nitrogen and oxygen atoms in total. The molecule has 0 bridgehead atoms. The second-order valence-electron chi connectivity index (χ2n) is 4.97. The third kappa shape index (κ3) is 6.54. The minimum atomic E-state index is -0.933. The standard InChI is InChI=1S/C13H23NO5/c1-9(7-12(15)16)14-13(17)10(2)19-8-11-5-3-4-6-18-11/h9-11H,3-8H2,1-2H3,(H,14,17)(H,15,16). The van der Waals surface area contributed by atoms with Crippen LogP contribution in [0, 0.1) is 0 Å². The van der Waals surface area contributed by atoms with Gasteiger partial charge in [0.2, 0.25) is 5.91 Å². The van der Waals surface area contributed by atoms with Crippen molar-refractivity contribution in [1.29, 1.82) is 0 Å². The summed E-state index contributed by atoms with van der Waals surface area (Å²) >= 11 is 0. The van der Waals surface area contributed by atoms with Crippen LogP contribution in [-0.2, 0) is 19.1 Å². The molecule has 0 saturated carbocycles. The lowest BCUT2D eigenvalue weighted by Gasteiger charge is -2.24. The van der Waals surface area contributed by atoms with E-state index >= 15 is 0 Å². The molecule has 1 rings (SSSR count).